The molecule has 23 heavy (non-hydrogen) atoms. The zero-order valence-electron chi connectivity index (χ0n) is 12.9. The molecule has 6 nitrogen and oxygen atoms in total. The number of nitrogens with zero attached hydrogens (tertiary/aromatic N) is 2. The first-order valence-corrected chi connectivity index (χ1v) is 8.86. The fraction of sp³-hybridized carbons (Fsp3) is 0.333. The van der Waals surface area contributed by atoms with Gasteiger partial charge in [-0.25, -0.2) is 4.79 Å². The number of methoxy groups -OCH3 is 1. The lowest BCUT2D eigenvalue weighted by Gasteiger charge is -2.01. The highest BCUT2D eigenvalue weighted by molar-refractivity contribution is 8.00. The Balaban J connectivity index is 1.87. The maximum absolute atomic E-state index is 11.5. The number of aromatic nitrogens is 2. The number of hydrogen-bond donors (Lipinski definition) is 1. The highest BCUT2D eigenvalue weighted by atomic mass is 32.2. The van der Waals surface area contributed by atoms with E-state index in [1.165, 1.54) is 30.2 Å². The molecule has 0 saturated carbocycles. The summed E-state index contributed by atoms with van der Waals surface area (Å²) in [7, 11) is 1.36. The molecule has 2 rings (SSSR count). The van der Waals surface area contributed by atoms with Gasteiger partial charge in [-0.2, -0.15) is 0 Å². The molecule has 0 fully saturated rings. The Hall–Kier alpha value is -1.93. The fourth-order valence-electron chi connectivity index (χ4n) is 1.73. The minimum absolute atomic E-state index is 0.0430. The van der Waals surface area contributed by atoms with E-state index < -0.39 is 0 Å². The fourth-order valence-corrected chi connectivity index (χ4v) is 3.45. The molecule has 0 bridgehead atoms. The van der Waals surface area contributed by atoms with Gasteiger partial charge in [0, 0.05) is 12.2 Å². The highest BCUT2D eigenvalue weighted by Gasteiger charge is 2.09. The number of amides is 1. The molecular weight excluding hydrogens is 334 g/mol. The van der Waals surface area contributed by atoms with E-state index in [9.17, 15) is 9.59 Å². The normalized spacial score (nSPS) is 10.3. The van der Waals surface area contributed by atoms with Crippen molar-refractivity contribution < 1.29 is 14.3 Å². The largest absolute Gasteiger partial charge is 0.465 e. The summed E-state index contributed by atoms with van der Waals surface area (Å²) in [6, 6.07) is 7.23. The molecule has 1 aromatic heterocycles. The first kappa shape index (κ1) is 17.4. The Bertz CT molecular complexity index is 671. The Kier molecular flexibility index (Phi) is 6.54. The van der Waals surface area contributed by atoms with Crippen LogP contribution in [0.2, 0.25) is 0 Å². The number of carbonyl (C=O) groups excluding carboxylic acids is 2. The average molecular weight is 351 g/mol. The van der Waals surface area contributed by atoms with Gasteiger partial charge in [-0.1, -0.05) is 42.2 Å². The van der Waals surface area contributed by atoms with Crippen LogP contribution in [0.5, 0.6) is 0 Å². The molecule has 0 unspecified atom stereocenters. The van der Waals surface area contributed by atoms with Crippen molar-refractivity contribution >= 4 is 40.1 Å². The number of benzene rings is 1. The van der Waals surface area contributed by atoms with E-state index in [2.05, 4.69) is 20.3 Å². The molecule has 122 valence electrons. The molecular formula is C15H17N3O3S2. The average Bonchev–Trinajstić information content (AvgIpc) is 3.00. The maximum atomic E-state index is 11.5. The van der Waals surface area contributed by atoms with Gasteiger partial charge in [0.2, 0.25) is 11.0 Å². The number of esters is 1. The van der Waals surface area contributed by atoms with Crippen LogP contribution in [0.25, 0.3) is 0 Å². The van der Waals surface area contributed by atoms with Crippen LogP contribution < -0.4 is 5.32 Å². The molecule has 0 aliphatic heterocycles. The summed E-state index contributed by atoms with van der Waals surface area (Å²) < 4.78 is 5.45. The third-order valence-corrected chi connectivity index (χ3v) is 4.91. The van der Waals surface area contributed by atoms with Gasteiger partial charge >= 0.3 is 5.97 Å². The summed E-state index contributed by atoms with van der Waals surface area (Å²) in [6.07, 6.45) is 1.28. The molecule has 8 heteroatoms. The van der Waals surface area contributed by atoms with Gasteiger partial charge < -0.3 is 10.1 Å². The second kappa shape index (κ2) is 8.64. The van der Waals surface area contributed by atoms with Crippen molar-refractivity contribution in [3.63, 3.8) is 0 Å². The van der Waals surface area contributed by atoms with Gasteiger partial charge in [0.15, 0.2) is 4.34 Å². The van der Waals surface area contributed by atoms with Crippen LogP contribution in [-0.4, -0.2) is 29.2 Å². The van der Waals surface area contributed by atoms with Crippen molar-refractivity contribution in [3.05, 3.63) is 35.4 Å². The molecule has 1 heterocycles. The number of carbonyl (C=O) groups is 2. The van der Waals surface area contributed by atoms with Crippen LogP contribution in [0.4, 0.5) is 5.13 Å². The van der Waals surface area contributed by atoms with Crippen LogP contribution in [0.1, 0.15) is 35.7 Å². The van der Waals surface area contributed by atoms with Crippen molar-refractivity contribution in [1.29, 1.82) is 0 Å². The number of thioether (sulfide) groups is 1. The first-order valence-electron chi connectivity index (χ1n) is 7.05. The number of nitrogens with one attached hydrogen (secondary N) is 1. The molecule has 1 aromatic carbocycles. The minimum atomic E-state index is -0.346. The van der Waals surface area contributed by atoms with Gasteiger partial charge in [-0.05, 0) is 24.1 Å². The van der Waals surface area contributed by atoms with Crippen molar-refractivity contribution in [3.8, 4) is 0 Å². The van der Waals surface area contributed by atoms with Gasteiger partial charge in [0.25, 0.3) is 0 Å². The predicted molar refractivity (Wildman–Crippen MR) is 90.8 cm³/mol. The summed E-state index contributed by atoms with van der Waals surface area (Å²) in [6.45, 7) is 1.95. The van der Waals surface area contributed by atoms with Crippen molar-refractivity contribution in [2.75, 3.05) is 12.4 Å². The SMILES string of the molecule is CCCC(=O)Nc1nnc(SCc2ccc(C(=O)OC)cc2)s1. The van der Waals surface area contributed by atoms with E-state index in [1.54, 1.807) is 12.1 Å². The van der Waals surface area contributed by atoms with Crippen LogP contribution in [-0.2, 0) is 15.3 Å². The van der Waals surface area contributed by atoms with E-state index in [4.69, 9.17) is 0 Å². The Morgan fingerprint density at radius 1 is 1.26 bits per heavy atom. The lowest BCUT2D eigenvalue weighted by molar-refractivity contribution is -0.116. The second-order valence-electron chi connectivity index (χ2n) is 4.65. The molecule has 1 amide bonds. The summed E-state index contributed by atoms with van der Waals surface area (Å²) in [5, 5.41) is 11.2. The van der Waals surface area contributed by atoms with Crippen LogP contribution in [0, 0.1) is 0 Å². The standard InChI is InChI=1S/C15H17N3O3S2/c1-3-4-12(19)16-14-17-18-15(23-14)22-9-10-5-7-11(8-6-10)13(20)21-2/h5-8H,3-4,9H2,1-2H3,(H,16,17,19). The Morgan fingerprint density at radius 2 is 2.00 bits per heavy atom. The molecule has 0 aliphatic rings. The predicted octanol–water partition coefficient (Wildman–Crippen LogP) is 3.36. The van der Waals surface area contributed by atoms with E-state index in [0.29, 0.717) is 22.9 Å². The summed E-state index contributed by atoms with van der Waals surface area (Å²) in [5.74, 6) is 0.318. The zero-order valence-corrected chi connectivity index (χ0v) is 14.5. The Morgan fingerprint density at radius 3 is 2.65 bits per heavy atom. The summed E-state index contributed by atoms with van der Waals surface area (Å²) in [5.41, 5.74) is 1.59. The lowest BCUT2D eigenvalue weighted by atomic mass is 10.1. The molecule has 0 saturated heterocycles. The third kappa shape index (κ3) is 5.33. The van der Waals surface area contributed by atoms with Gasteiger partial charge in [0.1, 0.15) is 0 Å². The van der Waals surface area contributed by atoms with Gasteiger partial charge in [-0.15, -0.1) is 10.2 Å². The molecule has 2 aromatic rings. The second-order valence-corrected chi connectivity index (χ2v) is 6.85. The first-order chi connectivity index (χ1) is 11.1. The summed E-state index contributed by atoms with van der Waals surface area (Å²) >= 11 is 2.88. The summed E-state index contributed by atoms with van der Waals surface area (Å²) in [4.78, 5) is 22.9. The van der Waals surface area contributed by atoms with E-state index in [-0.39, 0.29) is 11.9 Å². The van der Waals surface area contributed by atoms with Crippen LogP contribution in [0.15, 0.2) is 28.6 Å². The molecule has 0 aliphatic carbocycles. The van der Waals surface area contributed by atoms with Crippen LogP contribution in [0.3, 0.4) is 0 Å². The topological polar surface area (TPSA) is 81.2 Å². The molecule has 0 spiro atoms. The molecule has 0 atom stereocenters. The van der Waals surface area contributed by atoms with E-state index >= 15 is 0 Å². The monoisotopic (exact) mass is 351 g/mol. The highest BCUT2D eigenvalue weighted by Crippen LogP contribution is 2.28. The maximum Gasteiger partial charge on any atom is 0.337 e. The Labute approximate surface area is 142 Å². The van der Waals surface area contributed by atoms with Crippen molar-refractivity contribution in [1.82, 2.24) is 10.2 Å². The lowest BCUT2D eigenvalue weighted by Crippen LogP contribution is -2.10. The van der Waals surface area contributed by atoms with Gasteiger partial charge in [0.05, 0.1) is 12.7 Å². The van der Waals surface area contributed by atoms with Gasteiger partial charge in [-0.3, -0.25) is 4.79 Å². The minimum Gasteiger partial charge on any atom is -0.465 e. The number of hydrogen-bond acceptors (Lipinski definition) is 7. The van der Waals surface area contributed by atoms with E-state index in [0.717, 1.165) is 16.3 Å². The molecule has 0 radical (unpaired) electrons. The number of rotatable bonds is 7. The third-order valence-electron chi connectivity index (χ3n) is 2.87. The van der Waals surface area contributed by atoms with E-state index in [1.807, 2.05) is 19.1 Å². The van der Waals surface area contributed by atoms with Crippen molar-refractivity contribution in [2.24, 2.45) is 0 Å². The number of ether oxygens (including phenoxy) is 1. The molecule has 1 N–H and O–H groups in total. The quantitative estimate of drug-likeness (QED) is 0.468. The number of anilines is 1. The smallest absolute Gasteiger partial charge is 0.337 e. The zero-order chi connectivity index (χ0) is 16.7. The van der Waals surface area contributed by atoms with Crippen LogP contribution >= 0.6 is 23.1 Å². The van der Waals surface area contributed by atoms with Crippen molar-refractivity contribution in [2.45, 2.75) is 29.9 Å².